The third kappa shape index (κ3) is 2.58. The van der Waals surface area contributed by atoms with E-state index in [0.717, 1.165) is 16.5 Å². The quantitative estimate of drug-likeness (QED) is 0.856. The highest BCUT2D eigenvalue weighted by atomic mass is 79.9. The van der Waals surface area contributed by atoms with Crippen molar-refractivity contribution in [3.63, 3.8) is 0 Å². The summed E-state index contributed by atoms with van der Waals surface area (Å²) in [6, 6.07) is 5.96. The Hall–Kier alpha value is -0.870. The van der Waals surface area contributed by atoms with Crippen molar-refractivity contribution in [3.05, 3.63) is 33.8 Å². The fourth-order valence-corrected chi connectivity index (χ4v) is 2.11. The second-order valence-corrected chi connectivity index (χ2v) is 4.91. The van der Waals surface area contributed by atoms with Crippen LogP contribution in [0.3, 0.4) is 0 Å². The lowest BCUT2D eigenvalue weighted by molar-refractivity contribution is 0.0950. The molecule has 3 N–H and O–H groups in total. The van der Waals surface area contributed by atoms with Crippen LogP contribution < -0.4 is 11.1 Å². The van der Waals surface area contributed by atoms with Crippen molar-refractivity contribution in [2.75, 3.05) is 0 Å². The van der Waals surface area contributed by atoms with Gasteiger partial charge in [-0.3, -0.25) is 4.79 Å². The number of nitrogens with two attached hydrogens (primary N) is 1. The maximum Gasteiger partial charge on any atom is 0.251 e. The molecular formula is C11H13BrN2O. The normalized spacial score (nSPS) is 23.7. The van der Waals surface area contributed by atoms with Crippen molar-refractivity contribution in [2.45, 2.75) is 25.4 Å². The number of amides is 1. The van der Waals surface area contributed by atoms with Crippen molar-refractivity contribution in [1.82, 2.24) is 5.32 Å². The Morgan fingerprint density at radius 1 is 1.53 bits per heavy atom. The predicted octanol–water partition coefficient (Wildman–Crippen LogP) is 1.59. The van der Waals surface area contributed by atoms with Crippen LogP contribution in [0.5, 0.6) is 0 Å². The molecule has 1 aliphatic rings. The molecule has 1 fully saturated rings. The molecule has 0 aromatic heterocycles. The maximum atomic E-state index is 11.8. The number of benzene rings is 1. The number of halogens is 1. The second kappa shape index (κ2) is 3.94. The summed E-state index contributed by atoms with van der Waals surface area (Å²) < 4.78 is 0.924. The van der Waals surface area contributed by atoms with Crippen LogP contribution in [-0.4, -0.2) is 18.0 Å². The van der Waals surface area contributed by atoms with Gasteiger partial charge >= 0.3 is 0 Å². The molecule has 1 aromatic rings. The molecular weight excluding hydrogens is 256 g/mol. The summed E-state index contributed by atoms with van der Waals surface area (Å²) in [7, 11) is 0. The van der Waals surface area contributed by atoms with Crippen molar-refractivity contribution in [3.8, 4) is 0 Å². The third-order valence-corrected chi connectivity index (χ3v) is 2.92. The largest absolute Gasteiger partial charge is 0.348 e. The van der Waals surface area contributed by atoms with E-state index in [-0.39, 0.29) is 18.0 Å². The molecule has 80 valence electrons. The van der Waals surface area contributed by atoms with Crippen LogP contribution in [0.4, 0.5) is 0 Å². The summed E-state index contributed by atoms with van der Waals surface area (Å²) in [6.45, 7) is 1.96. The maximum absolute atomic E-state index is 11.8. The van der Waals surface area contributed by atoms with E-state index in [1.807, 2.05) is 25.1 Å². The number of nitrogens with one attached hydrogen (secondary N) is 1. The molecule has 0 aliphatic heterocycles. The van der Waals surface area contributed by atoms with Gasteiger partial charge in [-0.2, -0.15) is 0 Å². The molecule has 0 heterocycles. The minimum absolute atomic E-state index is 0.0441. The van der Waals surface area contributed by atoms with Crippen LogP contribution in [-0.2, 0) is 0 Å². The molecule has 3 nitrogen and oxygen atoms in total. The Bertz CT molecular complexity index is 385. The van der Waals surface area contributed by atoms with Gasteiger partial charge < -0.3 is 11.1 Å². The molecule has 0 radical (unpaired) electrons. The molecule has 1 saturated carbocycles. The summed E-state index contributed by atoms with van der Waals surface area (Å²) in [6.07, 6.45) is 0.888. The van der Waals surface area contributed by atoms with Crippen molar-refractivity contribution >= 4 is 21.8 Å². The lowest BCUT2D eigenvalue weighted by Gasteiger charge is -2.05. The van der Waals surface area contributed by atoms with Gasteiger partial charge in [-0.25, -0.2) is 0 Å². The Kier molecular flexibility index (Phi) is 2.80. The van der Waals surface area contributed by atoms with Crippen LogP contribution in [0.15, 0.2) is 22.7 Å². The van der Waals surface area contributed by atoms with Gasteiger partial charge in [-0.05, 0) is 37.1 Å². The van der Waals surface area contributed by atoms with E-state index in [0.29, 0.717) is 5.56 Å². The first-order valence-electron chi connectivity index (χ1n) is 4.90. The van der Waals surface area contributed by atoms with E-state index in [4.69, 9.17) is 5.73 Å². The molecule has 0 saturated heterocycles. The molecule has 2 rings (SSSR count). The van der Waals surface area contributed by atoms with Crippen molar-refractivity contribution < 1.29 is 4.79 Å². The number of aryl methyl sites for hydroxylation is 1. The highest BCUT2D eigenvalue weighted by molar-refractivity contribution is 9.10. The smallest absolute Gasteiger partial charge is 0.251 e. The van der Waals surface area contributed by atoms with E-state index >= 15 is 0 Å². The van der Waals surface area contributed by atoms with Crippen LogP contribution in [0, 0.1) is 6.92 Å². The molecule has 1 aromatic carbocycles. The summed E-state index contributed by atoms with van der Waals surface area (Å²) >= 11 is 3.37. The van der Waals surface area contributed by atoms with Gasteiger partial charge in [0.05, 0.1) is 0 Å². The van der Waals surface area contributed by atoms with Gasteiger partial charge in [0.1, 0.15) is 0 Å². The number of hydrogen-bond donors (Lipinski definition) is 2. The molecule has 0 spiro atoms. The lowest BCUT2D eigenvalue weighted by Crippen LogP contribution is -2.29. The minimum atomic E-state index is -0.0441. The fraction of sp³-hybridized carbons (Fsp3) is 0.364. The van der Waals surface area contributed by atoms with Gasteiger partial charge in [0.2, 0.25) is 0 Å². The number of hydrogen-bond acceptors (Lipinski definition) is 2. The van der Waals surface area contributed by atoms with Crippen LogP contribution >= 0.6 is 15.9 Å². The summed E-state index contributed by atoms with van der Waals surface area (Å²) in [5, 5.41) is 2.89. The molecule has 2 atom stereocenters. The molecule has 1 aliphatic carbocycles. The minimum Gasteiger partial charge on any atom is -0.348 e. The first-order valence-corrected chi connectivity index (χ1v) is 5.69. The molecule has 2 unspecified atom stereocenters. The van der Waals surface area contributed by atoms with Crippen molar-refractivity contribution in [2.24, 2.45) is 5.73 Å². The zero-order chi connectivity index (χ0) is 11.0. The van der Waals surface area contributed by atoms with Crippen LogP contribution in [0.2, 0.25) is 0 Å². The van der Waals surface area contributed by atoms with Gasteiger partial charge in [0.15, 0.2) is 0 Å². The van der Waals surface area contributed by atoms with E-state index in [1.165, 1.54) is 0 Å². The SMILES string of the molecule is Cc1cc(Br)cc(C(=O)NC2CC2N)c1. The van der Waals surface area contributed by atoms with Gasteiger partial charge in [0.25, 0.3) is 5.91 Å². The average Bonchev–Trinajstić information content (AvgIpc) is 2.79. The van der Waals surface area contributed by atoms with E-state index < -0.39 is 0 Å². The monoisotopic (exact) mass is 268 g/mol. The van der Waals surface area contributed by atoms with Gasteiger partial charge in [-0.15, -0.1) is 0 Å². The fourth-order valence-electron chi connectivity index (χ4n) is 1.50. The highest BCUT2D eigenvalue weighted by Crippen LogP contribution is 2.20. The Morgan fingerprint density at radius 2 is 2.20 bits per heavy atom. The standard InChI is InChI=1S/C11H13BrN2O/c1-6-2-7(4-8(12)3-6)11(15)14-10-5-9(10)13/h2-4,9-10H,5,13H2,1H3,(H,14,15). The van der Waals surface area contributed by atoms with Crippen LogP contribution in [0.25, 0.3) is 0 Å². The third-order valence-electron chi connectivity index (χ3n) is 2.46. The van der Waals surface area contributed by atoms with Crippen LogP contribution in [0.1, 0.15) is 22.3 Å². The first-order chi connectivity index (χ1) is 7.06. The van der Waals surface area contributed by atoms with E-state index in [2.05, 4.69) is 21.2 Å². The number of rotatable bonds is 2. The van der Waals surface area contributed by atoms with Gasteiger partial charge in [0, 0.05) is 22.1 Å². The predicted molar refractivity (Wildman–Crippen MR) is 62.7 cm³/mol. The Morgan fingerprint density at radius 3 is 2.73 bits per heavy atom. The van der Waals surface area contributed by atoms with E-state index in [1.54, 1.807) is 0 Å². The molecule has 4 heteroatoms. The van der Waals surface area contributed by atoms with Crippen molar-refractivity contribution in [1.29, 1.82) is 0 Å². The zero-order valence-electron chi connectivity index (χ0n) is 8.46. The second-order valence-electron chi connectivity index (χ2n) is 4.00. The first kappa shape index (κ1) is 10.6. The topological polar surface area (TPSA) is 55.1 Å². The zero-order valence-corrected chi connectivity index (χ0v) is 10.0. The average molecular weight is 269 g/mol. The lowest BCUT2D eigenvalue weighted by atomic mass is 10.1. The highest BCUT2D eigenvalue weighted by Gasteiger charge is 2.34. The van der Waals surface area contributed by atoms with Gasteiger partial charge in [-0.1, -0.05) is 15.9 Å². The number of carbonyl (C=O) groups excluding carboxylic acids is 1. The molecule has 15 heavy (non-hydrogen) atoms. The summed E-state index contributed by atoms with van der Waals surface area (Å²) in [4.78, 5) is 11.8. The number of carbonyl (C=O) groups is 1. The molecule has 0 bridgehead atoms. The molecule has 1 amide bonds. The van der Waals surface area contributed by atoms with E-state index in [9.17, 15) is 4.79 Å². The Balaban J connectivity index is 2.11. The summed E-state index contributed by atoms with van der Waals surface area (Å²) in [5.74, 6) is -0.0441. The summed E-state index contributed by atoms with van der Waals surface area (Å²) in [5.41, 5.74) is 7.37. The Labute approximate surface area is 97.2 Å².